The van der Waals surface area contributed by atoms with E-state index in [-0.39, 0.29) is 24.5 Å². The zero-order chi connectivity index (χ0) is 21.7. The molecule has 2 aromatic heterocycles. The molecule has 3 N–H and O–H groups in total. The van der Waals surface area contributed by atoms with E-state index in [1.54, 1.807) is 6.92 Å². The first-order valence-electron chi connectivity index (χ1n) is 9.63. The summed E-state index contributed by atoms with van der Waals surface area (Å²) < 4.78 is 32.5. The van der Waals surface area contributed by atoms with Crippen LogP contribution in [-0.2, 0) is 9.47 Å². The molecule has 0 bridgehead atoms. The highest BCUT2D eigenvalue weighted by Crippen LogP contribution is 2.35. The lowest BCUT2D eigenvalue weighted by Gasteiger charge is -2.20. The SMILES string of the molecule is Cc1c(C(=O)O)cn2ncnc(Nc3ccc(F)cc3O[C@@H]3CO[C@H]4[C@@H]3OC[C@H]4O)c12. The van der Waals surface area contributed by atoms with Crippen LogP contribution in [0.4, 0.5) is 15.9 Å². The van der Waals surface area contributed by atoms with Gasteiger partial charge in [-0.05, 0) is 24.6 Å². The average Bonchev–Trinajstić information content (AvgIpc) is 3.40. The number of anilines is 2. The number of carboxylic acids is 1. The number of hydrogen-bond acceptors (Lipinski definition) is 8. The minimum absolute atomic E-state index is 0.102. The summed E-state index contributed by atoms with van der Waals surface area (Å²) in [5.41, 5.74) is 1.48. The zero-order valence-electron chi connectivity index (χ0n) is 16.4. The van der Waals surface area contributed by atoms with Crippen LogP contribution in [0.25, 0.3) is 5.52 Å². The van der Waals surface area contributed by atoms with Crippen molar-refractivity contribution in [1.29, 1.82) is 0 Å². The lowest BCUT2D eigenvalue weighted by atomic mass is 10.1. The van der Waals surface area contributed by atoms with Crippen molar-refractivity contribution >= 4 is 23.0 Å². The molecule has 3 aromatic rings. The van der Waals surface area contributed by atoms with Crippen molar-refractivity contribution in [3.8, 4) is 5.75 Å². The van der Waals surface area contributed by atoms with Crippen LogP contribution < -0.4 is 10.1 Å². The van der Waals surface area contributed by atoms with E-state index in [1.165, 1.54) is 35.2 Å². The Balaban J connectivity index is 1.48. The van der Waals surface area contributed by atoms with E-state index in [1.807, 2.05) is 0 Å². The van der Waals surface area contributed by atoms with Crippen molar-refractivity contribution in [3.63, 3.8) is 0 Å². The molecule has 4 heterocycles. The third-order valence-electron chi connectivity index (χ3n) is 5.51. The summed E-state index contributed by atoms with van der Waals surface area (Å²) in [4.78, 5) is 15.7. The molecule has 5 rings (SSSR count). The van der Waals surface area contributed by atoms with Crippen molar-refractivity contribution in [1.82, 2.24) is 14.6 Å². The van der Waals surface area contributed by atoms with Crippen LogP contribution >= 0.6 is 0 Å². The Bertz CT molecular complexity index is 1170. The molecule has 11 heteroatoms. The van der Waals surface area contributed by atoms with Crippen LogP contribution in [0.3, 0.4) is 0 Å². The lowest BCUT2D eigenvalue weighted by Crippen LogP contribution is -2.34. The van der Waals surface area contributed by atoms with E-state index in [4.69, 9.17) is 14.2 Å². The van der Waals surface area contributed by atoms with Crippen molar-refractivity contribution < 1.29 is 33.6 Å². The third-order valence-corrected chi connectivity index (χ3v) is 5.51. The van der Waals surface area contributed by atoms with Crippen LogP contribution in [0.2, 0.25) is 0 Å². The predicted molar refractivity (Wildman–Crippen MR) is 104 cm³/mol. The topological polar surface area (TPSA) is 127 Å². The number of nitrogens with one attached hydrogen (secondary N) is 1. The number of hydrogen-bond donors (Lipinski definition) is 3. The van der Waals surface area contributed by atoms with Gasteiger partial charge in [0.15, 0.2) is 11.9 Å². The van der Waals surface area contributed by atoms with E-state index in [2.05, 4.69) is 15.4 Å². The minimum Gasteiger partial charge on any atom is -0.483 e. The second kappa shape index (κ2) is 7.45. The van der Waals surface area contributed by atoms with Gasteiger partial charge in [-0.15, -0.1) is 0 Å². The van der Waals surface area contributed by atoms with Crippen molar-refractivity contribution in [2.24, 2.45) is 0 Å². The van der Waals surface area contributed by atoms with Gasteiger partial charge in [-0.25, -0.2) is 18.7 Å². The minimum atomic E-state index is -1.07. The molecule has 1 aromatic carbocycles. The first kappa shape index (κ1) is 19.7. The molecule has 0 aliphatic carbocycles. The fourth-order valence-electron chi connectivity index (χ4n) is 4.00. The molecule has 2 saturated heterocycles. The molecule has 2 fully saturated rings. The Hall–Kier alpha value is -3.28. The molecule has 10 nitrogen and oxygen atoms in total. The van der Waals surface area contributed by atoms with Crippen LogP contribution in [-0.4, -0.2) is 68.4 Å². The molecule has 162 valence electrons. The monoisotopic (exact) mass is 430 g/mol. The molecule has 0 saturated carbocycles. The van der Waals surface area contributed by atoms with Gasteiger partial charge in [0.25, 0.3) is 0 Å². The average molecular weight is 430 g/mol. The van der Waals surface area contributed by atoms with Gasteiger partial charge in [0, 0.05) is 12.3 Å². The molecule has 31 heavy (non-hydrogen) atoms. The first-order chi connectivity index (χ1) is 14.9. The number of carbonyl (C=O) groups is 1. The Morgan fingerprint density at radius 1 is 1.32 bits per heavy atom. The van der Waals surface area contributed by atoms with E-state index in [0.717, 1.165) is 0 Å². The molecular weight excluding hydrogens is 411 g/mol. The number of aliphatic hydroxyl groups excluding tert-OH is 1. The van der Waals surface area contributed by atoms with Gasteiger partial charge in [0.1, 0.15) is 41.7 Å². The number of halogens is 1. The molecule has 0 spiro atoms. The summed E-state index contributed by atoms with van der Waals surface area (Å²) in [6.45, 7) is 2.01. The van der Waals surface area contributed by atoms with Gasteiger partial charge >= 0.3 is 5.97 Å². The standard InChI is InChI=1S/C20H19FN4O6/c1-9-11(20(27)28)5-25-16(9)19(22-8-23-25)24-12-3-2-10(21)4-14(12)31-15-7-30-17-13(26)6-29-18(15)17/h2-5,8,13,15,17-18,26H,6-7H2,1H3,(H,27,28)(H,22,23,24)/t13-,15-,17-,18-/m1/s1. The normalized spacial score (nSPS) is 25.0. The van der Waals surface area contributed by atoms with Crippen LogP contribution in [0, 0.1) is 12.7 Å². The number of carboxylic acid groups (broad SMARTS) is 1. The molecule has 0 unspecified atom stereocenters. The van der Waals surface area contributed by atoms with Crippen LogP contribution in [0.5, 0.6) is 5.75 Å². The number of ether oxygens (including phenoxy) is 3. The highest BCUT2D eigenvalue weighted by atomic mass is 19.1. The van der Waals surface area contributed by atoms with Crippen LogP contribution in [0.1, 0.15) is 15.9 Å². The summed E-state index contributed by atoms with van der Waals surface area (Å²) in [5, 5.41) is 26.5. The number of aromatic nitrogens is 3. The summed E-state index contributed by atoms with van der Waals surface area (Å²) in [6, 6.07) is 4.00. The zero-order valence-corrected chi connectivity index (χ0v) is 16.4. The predicted octanol–water partition coefficient (Wildman–Crippen LogP) is 1.52. The van der Waals surface area contributed by atoms with Crippen molar-refractivity contribution in [2.75, 3.05) is 18.5 Å². The van der Waals surface area contributed by atoms with Crippen molar-refractivity contribution in [2.45, 2.75) is 31.3 Å². The number of aliphatic hydroxyl groups is 1. The maximum atomic E-state index is 14.0. The van der Waals surface area contributed by atoms with E-state index >= 15 is 0 Å². The maximum absolute atomic E-state index is 14.0. The Morgan fingerprint density at radius 3 is 2.94 bits per heavy atom. The quantitative estimate of drug-likeness (QED) is 0.552. The summed E-state index contributed by atoms with van der Waals surface area (Å²) in [5.74, 6) is -1.03. The summed E-state index contributed by atoms with van der Waals surface area (Å²) >= 11 is 0. The summed E-state index contributed by atoms with van der Waals surface area (Å²) in [7, 11) is 0. The van der Waals surface area contributed by atoms with Gasteiger partial charge < -0.3 is 29.7 Å². The van der Waals surface area contributed by atoms with E-state index in [9.17, 15) is 19.4 Å². The van der Waals surface area contributed by atoms with Gasteiger partial charge in [0.2, 0.25) is 0 Å². The lowest BCUT2D eigenvalue weighted by molar-refractivity contribution is 0.00871. The molecular formula is C20H19FN4O6. The molecule has 0 amide bonds. The number of fused-ring (bicyclic) bond motifs is 2. The number of rotatable bonds is 5. The fraction of sp³-hybridized carbons (Fsp3) is 0.350. The van der Waals surface area contributed by atoms with E-state index < -0.39 is 36.2 Å². The Kier molecular flexibility index (Phi) is 4.73. The largest absolute Gasteiger partial charge is 0.483 e. The van der Waals surface area contributed by atoms with Gasteiger partial charge in [-0.1, -0.05) is 0 Å². The molecule has 2 aliphatic heterocycles. The number of nitrogens with zero attached hydrogens (tertiary/aromatic N) is 3. The number of aromatic carboxylic acids is 1. The third kappa shape index (κ3) is 3.36. The second-order valence-corrected chi connectivity index (χ2v) is 7.46. The summed E-state index contributed by atoms with van der Waals surface area (Å²) in [6.07, 6.45) is 0.508. The van der Waals surface area contributed by atoms with E-state index in [0.29, 0.717) is 22.6 Å². The van der Waals surface area contributed by atoms with Gasteiger partial charge in [-0.2, -0.15) is 5.10 Å². The Morgan fingerprint density at radius 2 is 2.13 bits per heavy atom. The first-order valence-corrected chi connectivity index (χ1v) is 9.63. The Labute approximate surface area is 175 Å². The van der Waals surface area contributed by atoms with Gasteiger partial charge in [-0.3, -0.25) is 0 Å². The molecule has 0 radical (unpaired) electrons. The maximum Gasteiger partial charge on any atom is 0.337 e. The van der Waals surface area contributed by atoms with Crippen LogP contribution in [0.15, 0.2) is 30.7 Å². The number of benzene rings is 1. The fourth-order valence-corrected chi connectivity index (χ4v) is 4.00. The smallest absolute Gasteiger partial charge is 0.337 e. The van der Waals surface area contributed by atoms with Crippen molar-refractivity contribution in [3.05, 3.63) is 47.7 Å². The molecule has 2 aliphatic rings. The second-order valence-electron chi connectivity index (χ2n) is 7.46. The molecule has 4 atom stereocenters. The highest BCUT2D eigenvalue weighted by molar-refractivity contribution is 5.94. The number of aryl methyl sites for hydroxylation is 1. The van der Waals surface area contributed by atoms with Gasteiger partial charge in [0.05, 0.1) is 24.5 Å². The highest BCUT2D eigenvalue weighted by Gasteiger charge is 2.48.